The van der Waals surface area contributed by atoms with Gasteiger partial charge in [-0.25, -0.2) is 0 Å². The molecule has 1 aromatic heterocycles. The van der Waals surface area contributed by atoms with Gasteiger partial charge < -0.3 is 0 Å². The molecular weight excluding hydrogens is 172 g/mol. The van der Waals surface area contributed by atoms with Gasteiger partial charge in [0.2, 0.25) is 0 Å². The highest BCUT2D eigenvalue weighted by Crippen LogP contribution is 2.17. The maximum absolute atomic E-state index is 3.99. The van der Waals surface area contributed by atoms with Crippen molar-refractivity contribution in [3.63, 3.8) is 0 Å². The van der Waals surface area contributed by atoms with Crippen molar-refractivity contribution in [1.29, 1.82) is 0 Å². The molecule has 2 nitrogen and oxygen atoms in total. The van der Waals surface area contributed by atoms with Crippen LogP contribution in [-0.4, -0.2) is 10.2 Å². The number of hydrogen-bond donors (Lipinski definition) is 0. The van der Waals surface area contributed by atoms with E-state index in [2.05, 4.69) is 16.8 Å². The minimum Gasteiger partial charge on any atom is -0.159 e. The maximum atomic E-state index is 3.99. The van der Waals surface area contributed by atoms with Crippen molar-refractivity contribution < 1.29 is 0 Å². The van der Waals surface area contributed by atoms with Crippen LogP contribution in [-0.2, 0) is 0 Å². The van der Waals surface area contributed by atoms with Gasteiger partial charge in [-0.1, -0.05) is 24.8 Å². The number of hydrogen-bond acceptors (Lipinski definition) is 2. The fraction of sp³-hybridized carbons (Fsp3) is 0.167. The zero-order chi connectivity index (χ0) is 10.4. The van der Waals surface area contributed by atoms with Crippen molar-refractivity contribution in [2.24, 2.45) is 0 Å². The molecule has 2 heteroatoms. The lowest BCUT2D eigenvalue weighted by molar-refractivity contribution is 1.01. The molecule has 1 heterocycles. The Kier molecular flexibility index (Phi) is 3.80. The van der Waals surface area contributed by atoms with Crippen molar-refractivity contribution in [3.8, 4) is 0 Å². The summed E-state index contributed by atoms with van der Waals surface area (Å²) < 4.78 is 0. The van der Waals surface area contributed by atoms with Gasteiger partial charge in [-0.2, -0.15) is 10.2 Å². The van der Waals surface area contributed by atoms with Gasteiger partial charge in [-0.3, -0.25) is 0 Å². The zero-order valence-corrected chi connectivity index (χ0v) is 8.57. The Morgan fingerprint density at radius 1 is 1.50 bits per heavy atom. The second-order valence-electron chi connectivity index (χ2n) is 2.96. The number of rotatable bonds is 3. The van der Waals surface area contributed by atoms with Gasteiger partial charge in [-0.05, 0) is 37.1 Å². The lowest BCUT2D eigenvalue weighted by atomic mass is 10.1. The summed E-state index contributed by atoms with van der Waals surface area (Å²) in [5.74, 6) is 0. The van der Waals surface area contributed by atoms with Crippen LogP contribution in [0.5, 0.6) is 0 Å². The van der Waals surface area contributed by atoms with E-state index < -0.39 is 0 Å². The SMILES string of the molecule is C=C(/C(C)=C\C=C/C)c1cccnn1. The molecule has 0 fully saturated rings. The molecular formula is C12H14N2. The average molecular weight is 186 g/mol. The molecule has 0 radical (unpaired) electrons. The van der Waals surface area contributed by atoms with Gasteiger partial charge in [0.05, 0.1) is 5.69 Å². The van der Waals surface area contributed by atoms with Crippen LogP contribution < -0.4 is 0 Å². The third-order valence-corrected chi connectivity index (χ3v) is 1.90. The summed E-state index contributed by atoms with van der Waals surface area (Å²) in [7, 11) is 0. The van der Waals surface area contributed by atoms with Gasteiger partial charge in [0.15, 0.2) is 0 Å². The van der Waals surface area contributed by atoms with Crippen LogP contribution in [0.3, 0.4) is 0 Å². The molecule has 0 saturated carbocycles. The molecule has 0 atom stereocenters. The Balaban J connectivity index is 2.86. The molecule has 0 unspecified atom stereocenters. The van der Waals surface area contributed by atoms with Crippen LogP contribution >= 0.6 is 0 Å². The van der Waals surface area contributed by atoms with Crippen LogP contribution in [0, 0.1) is 0 Å². The Morgan fingerprint density at radius 2 is 2.29 bits per heavy atom. The van der Waals surface area contributed by atoms with Crippen LogP contribution in [0.4, 0.5) is 0 Å². The van der Waals surface area contributed by atoms with Gasteiger partial charge >= 0.3 is 0 Å². The molecule has 0 amide bonds. The lowest BCUT2D eigenvalue weighted by Crippen LogP contribution is -1.90. The molecule has 0 N–H and O–H groups in total. The summed E-state index contributed by atoms with van der Waals surface area (Å²) in [6.45, 7) is 7.97. The molecule has 1 aromatic rings. The first-order chi connectivity index (χ1) is 6.75. The minimum atomic E-state index is 0.825. The monoisotopic (exact) mass is 186 g/mol. The molecule has 0 spiro atoms. The minimum absolute atomic E-state index is 0.825. The predicted octanol–water partition coefficient (Wildman–Crippen LogP) is 3.01. The van der Waals surface area contributed by atoms with E-state index in [1.54, 1.807) is 6.20 Å². The zero-order valence-electron chi connectivity index (χ0n) is 8.57. The second kappa shape index (κ2) is 5.12. The smallest absolute Gasteiger partial charge is 0.0926 e. The quantitative estimate of drug-likeness (QED) is 0.678. The third kappa shape index (κ3) is 2.66. The van der Waals surface area contributed by atoms with Gasteiger partial charge in [0.1, 0.15) is 0 Å². The van der Waals surface area contributed by atoms with E-state index in [1.165, 1.54) is 0 Å². The van der Waals surface area contributed by atoms with Crippen LogP contribution in [0.1, 0.15) is 19.5 Å². The molecule has 0 saturated heterocycles. The maximum Gasteiger partial charge on any atom is 0.0926 e. The Morgan fingerprint density at radius 3 is 2.86 bits per heavy atom. The molecule has 1 rings (SSSR count). The predicted molar refractivity (Wildman–Crippen MR) is 59.6 cm³/mol. The average Bonchev–Trinajstić information content (AvgIpc) is 2.26. The molecule has 72 valence electrons. The van der Waals surface area contributed by atoms with Crippen LogP contribution in [0.2, 0.25) is 0 Å². The molecule has 0 aromatic carbocycles. The normalized spacial score (nSPS) is 12.0. The molecule has 14 heavy (non-hydrogen) atoms. The summed E-state index contributed by atoms with van der Waals surface area (Å²) in [5, 5.41) is 7.81. The van der Waals surface area contributed by atoms with E-state index in [0.717, 1.165) is 16.8 Å². The van der Waals surface area contributed by atoms with E-state index in [9.17, 15) is 0 Å². The van der Waals surface area contributed by atoms with Crippen LogP contribution in [0.25, 0.3) is 5.57 Å². The number of aromatic nitrogens is 2. The standard InChI is InChI=1S/C12H14N2/c1-4-5-7-10(2)11(3)12-8-6-9-13-14-12/h4-9H,3H2,1-2H3/b5-4-,10-7-. The van der Waals surface area contributed by atoms with Gasteiger partial charge in [0.25, 0.3) is 0 Å². The largest absolute Gasteiger partial charge is 0.159 e. The second-order valence-corrected chi connectivity index (χ2v) is 2.96. The van der Waals surface area contributed by atoms with Gasteiger partial charge in [-0.15, -0.1) is 0 Å². The van der Waals surface area contributed by atoms with Crippen molar-refractivity contribution in [3.05, 3.63) is 54.4 Å². The lowest BCUT2D eigenvalue weighted by Gasteiger charge is -2.02. The summed E-state index contributed by atoms with van der Waals surface area (Å²) in [5.41, 5.74) is 2.84. The van der Waals surface area contributed by atoms with Crippen molar-refractivity contribution in [2.75, 3.05) is 0 Å². The van der Waals surface area contributed by atoms with Crippen molar-refractivity contribution >= 4 is 5.57 Å². The topological polar surface area (TPSA) is 25.8 Å². The van der Waals surface area contributed by atoms with E-state index in [-0.39, 0.29) is 0 Å². The summed E-state index contributed by atoms with van der Waals surface area (Å²) in [6, 6.07) is 3.76. The summed E-state index contributed by atoms with van der Waals surface area (Å²) in [6.07, 6.45) is 7.63. The van der Waals surface area contributed by atoms with E-state index >= 15 is 0 Å². The first kappa shape index (κ1) is 10.4. The van der Waals surface area contributed by atoms with E-state index in [0.29, 0.717) is 0 Å². The van der Waals surface area contributed by atoms with Gasteiger partial charge in [0, 0.05) is 6.20 Å². The Labute approximate surface area is 84.7 Å². The molecule has 0 bridgehead atoms. The highest BCUT2D eigenvalue weighted by Gasteiger charge is 2.00. The number of allylic oxidation sites excluding steroid dienone is 5. The highest BCUT2D eigenvalue weighted by molar-refractivity contribution is 5.74. The van der Waals surface area contributed by atoms with Crippen molar-refractivity contribution in [1.82, 2.24) is 10.2 Å². The summed E-state index contributed by atoms with van der Waals surface area (Å²) in [4.78, 5) is 0. The Bertz CT molecular complexity index is 361. The number of nitrogens with zero attached hydrogens (tertiary/aromatic N) is 2. The fourth-order valence-electron chi connectivity index (χ4n) is 1.01. The Hall–Kier alpha value is -1.70. The fourth-order valence-corrected chi connectivity index (χ4v) is 1.01. The molecule has 0 aliphatic heterocycles. The first-order valence-corrected chi connectivity index (χ1v) is 4.52. The summed E-state index contributed by atoms with van der Waals surface area (Å²) >= 11 is 0. The molecule has 0 aliphatic carbocycles. The first-order valence-electron chi connectivity index (χ1n) is 4.52. The van der Waals surface area contributed by atoms with Crippen molar-refractivity contribution in [2.45, 2.75) is 13.8 Å². The highest BCUT2D eigenvalue weighted by atomic mass is 15.1. The van der Waals surface area contributed by atoms with E-state index in [4.69, 9.17) is 0 Å². The third-order valence-electron chi connectivity index (χ3n) is 1.90. The van der Waals surface area contributed by atoms with Crippen LogP contribution in [0.15, 0.2) is 48.7 Å². The molecule has 0 aliphatic rings. The van der Waals surface area contributed by atoms with E-state index in [1.807, 2.05) is 44.2 Å².